The minimum Gasteiger partial charge on any atom is -0.493 e. The van der Waals surface area contributed by atoms with Gasteiger partial charge < -0.3 is 19.5 Å². The number of hydrogen-bond donors (Lipinski definition) is 2. The van der Waals surface area contributed by atoms with E-state index in [2.05, 4.69) is 10.0 Å². The maximum Gasteiger partial charge on any atom is 0.257 e. The molecule has 0 saturated carbocycles. The van der Waals surface area contributed by atoms with Crippen molar-refractivity contribution in [3.05, 3.63) is 39.9 Å². The molecule has 11 heteroatoms. The van der Waals surface area contributed by atoms with Crippen LogP contribution in [0.15, 0.2) is 29.2 Å². The third kappa shape index (κ3) is 5.28. The van der Waals surface area contributed by atoms with Crippen LogP contribution in [0.25, 0.3) is 0 Å². The van der Waals surface area contributed by atoms with Gasteiger partial charge in [0.25, 0.3) is 5.91 Å². The molecule has 0 aromatic heterocycles. The molecule has 30 heavy (non-hydrogen) atoms. The number of methoxy groups -OCH3 is 3. The van der Waals surface area contributed by atoms with E-state index in [0.29, 0.717) is 22.9 Å². The van der Waals surface area contributed by atoms with Gasteiger partial charge in [0.15, 0.2) is 11.5 Å². The number of benzene rings is 2. The predicted molar refractivity (Wildman–Crippen MR) is 116 cm³/mol. The monoisotopic (exact) mass is 476 g/mol. The SMILES string of the molecule is COc1cc(NC(=O)c2cc(S(=O)(=O)NC(C)C)c(Cl)cc2Cl)cc(OC)c1OC. The average molecular weight is 477 g/mol. The van der Waals surface area contributed by atoms with Crippen molar-refractivity contribution in [3.8, 4) is 17.2 Å². The summed E-state index contributed by atoms with van der Waals surface area (Å²) in [5, 5.41) is 2.54. The van der Waals surface area contributed by atoms with E-state index in [0.717, 1.165) is 6.07 Å². The Labute approximate surface area is 185 Å². The molecule has 164 valence electrons. The van der Waals surface area contributed by atoms with E-state index in [1.54, 1.807) is 13.8 Å². The second-order valence-corrected chi connectivity index (χ2v) is 8.90. The minimum absolute atomic E-state index is 0.00608. The van der Waals surface area contributed by atoms with Crippen molar-refractivity contribution in [2.24, 2.45) is 0 Å². The lowest BCUT2D eigenvalue weighted by Crippen LogP contribution is -2.30. The van der Waals surface area contributed by atoms with Crippen LogP contribution in [-0.4, -0.2) is 41.7 Å². The van der Waals surface area contributed by atoms with Crippen LogP contribution in [0.4, 0.5) is 5.69 Å². The molecule has 0 saturated heterocycles. The Balaban J connectivity index is 2.46. The number of halogens is 2. The fourth-order valence-corrected chi connectivity index (χ4v) is 4.74. The smallest absolute Gasteiger partial charge is 0.257 e. The molecule has 0 aliphatic heterocycles. The van der Waals surface area contributed by atoms with E-state index < -0.39 is 15.9 Å². The summed E-state index contributed by atoms with van der Waals surface area (Å²) in [7, 11) is 0.399. The number of rotatable bonds is 8. The van der Waals surface area contributed by atoms with Gasteiger partial charge in [0.2, 0.25) is 15.8 Å². The molecule has 2 N–H and O–H groups in total. The second kappa shape index (κ2) is 9.74. The summed E-state index contributed by atoms with van der Waals surface area (Å²) in [4.78, 5) is 12.6. The number of sulfonamides is 1. The van der Waals surface area contributed by atoms with Gasteiger partial charge in [-0.2, -0.15) is 0 Å². The Hall–Kier alpha value is -2.20. The number of hydrogen-bond acceptors (Lipinski definition) is 6. The quantitative estimate of drug-likeness (QED) is 0.597. The van der Waals surface area contributed by atoms with Gasteiger partial charge in [-0.1, -0.05) is 23.2 Å². The first-order valence-corrected chi connectivity index (χ1v) is 10.9. The number of carbonyl (C=O) groups is 1. The van der Waals surface area contributed by atoms with Gasteiger partial charge in [-0.15, -0.1) is 0 Å². The van der Waals surface area contributed by atoms with Crippen molar-refractivity contribution in [1.29, 1.82) is 0 Å². The number of amides is 1. The van der Waals surface area contributed by atoms with Gasteiger partial charge in [-0.25, -0.2) is 13.1 Å². The second-order valence-electron chi connectivity index (χ2n) is 6.41. The number of nitrogens with one attached hydrogen (secondary N) is 2. The molecule has 0 radical (unpaired) electrons. The van der Waals surface area contributed by atoms with Crippen molar-refractivity contribution < 1.29 is 27.4 Å². The molecule has 0 atom stereocenters. The Morgan fingerprint density at radius 2 is 1.50 bits per heavy atom. The van der Waals surface area contributed by atoms with Gasteiger partial charge in [0.05, 0.1) is 36.9 Å². The van der Waals surface area contributed by atoms with E-state index in [1.165, 1.54) is 39.5 Å². The highest BCUT2D eigenvalue weighted by molar-refractivity contribution is 7.89. The summed E-state index contributed by atoms with van der Waals surface area (Å²) in [5.41, 5.74) is 0.254. The van der Waals surface area contributed by atoms with Crippen molar-refractivity contribution in [1.82, 2.24) is 4.72 Å². The van der Waals surface area contributed by atoms with Gasteiger partial charge >= 0.3 is 0 Å². The zero-order valence-corrected chi connectivity index (χ0v) is 19.3. The van der Waals surface area contributed by atoms with Gasteiger partial charge in [0, 0.05) is 23.9 Å². The molecule has 0 bridgehead atoms. The van der Waals surface area contributed by atoms with E-state index in [-0.39, 0.29) is 26.5 Å². The fraction of sp³-hybridized carbons (Fsp3) is 0.316. The van der Waals surface area contributed by atoms with Crippen molar-refractivity contribution >= 4 is 44.8 Å². The summed E-state index contributed by atoms with van der Waals surface area (Å²) in [6.45, 7) is 3.33. The van der Waals surface area contributed by atoms with E-state index in [9.17, 15) is 13.2 Å². The Morgan fingerprint density at radius 3 is 1.97 bits per heavy atom. The summed E-state index contributed by atoms with van der Waals surface area (Å²) >= 11 is 12.2. The largest absolute Gasteiger partial charge is 0.493 e. The van der Waals surface area contributed by atoms with Crippen LogP contribution in [0.3, 0.4) is 0 Å². The average Bonchev–Trinajstić information content (AvgIpc) is 2.65. The lowest BCUT2D eigenvalue weighted by molar-refractivity contribution is 0.102. The zero-order chi connectivity index (χ0) is 22.6. The zero-order valence-electron chi connectivity index (χ0n) is 17.0. The molecule has 0 aliphatic rings. The lowest BCUT2D eigenvalue weighted by Gasteiger charge is -2.16. The van der Waals surface area contributed by atoms with Crippen molar-refractivity contribution in [3.63, 3.8) is 0 Å². The van der Waals surface area contributed by atoms with Crippen molar-refractivity contribution in [2.45, 2.75) is 24.8 Å². The van der Waals surface area contributed by atoms with E-state index >= 15 is 0 Å². The number of ether oxygens (including phenoxy) is 3. The molecular formula is C19H22Cl2N2O6S. The van der Waals surface area contributed by atoms with Crippen LogP contribution in [0.1, 0.15) is 24.2 Å². The number of anilines is 1. The van der Waals surface area contributed by atoms with Crippen molar-refractivity contribution in [2.75, 3.05) is 26.6 Å². The molecule has 1 amide bonds. The maximum absolute atomic E-state index is 12.8. The molecule has 2 aromatic rings. The third-order valence-corrected chi connectivity index (χ3v) is 6.31. The normalized spacial score (nSPS) is 11.3. The molecule has 2 aromatic carbocycles. The fourth-order valence-electron chi connectivity index (χ4n) is 2.63. The third-order valence-electron chi connectivity index (χ3n) is 3.87. The number of carbonyl (C=O) groups excluding carboxylic acids is 1. The summed E-state index contributed by atoms with van der Waals surface area (Å²) in [5.74, 6) is 0.375. The first-order valence-electron chi connectivity index (χ1n) is 8.66. The minimum atomic E-state index is -3.94. The summed E-state index contributed by atoms with van der Waals surface area (Å²) in [6.07, 6.45) is 0. The van der Waals surface area contributed by atoms with Gasteiger partial charge in [-0.05, 0) is 26.0 Å². The van der Waals surface area contributed by atoms with Crippen LogP contribution >= 0.6 is 23.2 Å². The molecule has 0 unspecified atom stereocenters. The van der Waals surface area contributed by atoms with Gasteiger partial charge in [-0.3, -0.25) is 4.79 Å². The molecule has 0 heterocycles. The standard InChI is InChI=1S/C19H22Cl2N2O6S/c1-10(2)23-30(25,26)17-8-12(13(20)9-14(17)21)19(24)22-11-6-15(27-3)18(29-5)16(7-11)28-4/h6-10,23H,1-5H3,(H,22,24). The maximum atomic E-state index is 12.8. The van der Waals surface area contributed by atoms with E-state index in [1.807, 2.05) is 0 Å². The molecule has 0 aliphatic carbocycles. The highest BCUT2D eigenvalue weighted by atomic mass is 35.5. The summed E-state index contributed by atoms with van der Waals surface area (Å²) in [6, 6.07) is 5.03. The molecule has 0 fully saturated rings. The lowest BCUT2D eigenvalue weighted by atomic mass is 10.2. The van der Waals surface area contributed by atoms with Gasteiger partial charge in [0.1, 0.15) is 4.90 Å². The highest BCUT2D eigenvalue weighted by Crippen LogP contribution is 2.40. The molecule has 0 spiro atoms. The first kappa shape index (κ1) is 24.1. The molecule has 8 nitrogen and oxygen atoms in total. The van der Waals surface area contributed by atoms with Crippen LogP contribution in [0.5, 0.6) is 17.2 Å². The Morgan fingerprint density at radius 1 is 0.933 bits per heavy atom. The van der Waals surface area contributed by atoms with E-state index in [4.69, 9.17) is 37.4 Å². The van der Waals surface area contributed by atoms with Crippen LogP contribution in [-0.2, 0) is 10.0 Å². The Kier molecular flexibility index (Phi) is 7.81. The molecular weight excluding hydrogens is 455 g/mol. The topological polar surface area (TPSA) is 103 Å². The highest BCUT2D eigenvalue weighted by Gasteiger charge is 2.24. The Bertz CT molecular complexity index is 1030. The van der Waals surface area contributed by atoms with Crippen LogP contribution in [0.2, 0.25) is 10.0 Å². The summed E-state index contributed by atoms with van der Waals surface area (Å²) < 4.78 is 43.2. The van der Waals surface area contributed by atoms with Crippen LogP contribution < -0.4 is 24.2 Å². The first-order chi connectivity index (χ1) is 14.0. The van der Waals surface area contributed by atoms with Crippen LogP contribution in [0, 0.1) is 0 Å². The molecule has 2 rings (SSSR count). The predicted octanol–water partition coefficient (Wildman–Crippen LogP) is 3.96.